The van der Waals surface area contributed by atoms with Crippen LogP contribution in [0.4, 0.5) is 0 Å². The Morgan fingerprint density at radius 1 is 0.970 bits per heavy atom. The Hall–Kier alpha value is -2.77. The van der Waals surface area contributed by atoms with Crippen molar-refractivity contribution in [3.63, 3.8) is 0 Å². The number of carbonyl (C=O) groups excluding carboxylic acids is 3. The summed E-state index contributed by atoms with van der Waals surface area (Å²) >= 11 is 0. The summed E-state index contributed by atoms with van der Waals surface area (Å²) in [5, 5.41) is 2.97. The zero-order valence-corrected chi connectivity index (χ0v) is 19.8. The lowest BCUT2D eigenvalue weighted by Crippen LogP contribution is -2.42. The molecule has 33 heavy (non-hydrogen) atoms. The lowest BCUT2D eigenvalue weighted by atomic mass is 9.86. The molecule has 182 valence electrons. The number of nitrogens with one attached hydrogen (secondary N) is 1. The first-order chi connectivity index (χ1) is 16.0. The van der Waals surface area contributed by atoms with E-state index >= 15 is 0 Å². The standard InChI is InChI=1S/C25H36N2O6/c1-3-31-22-15-19(11-12-21(22)32-17-24(29)27-13-7-4-8-14-27)25(30)33-16-23(28)26-20-10-6-5-9-18(20)2/h11-12,15,18,20H,3-10,13-14,16-17H2,1-2H3,(H,26,28). The Morgan fingerprint density at radius 3 is 2.45 bits per heavy atom. The van der Waals surface area contributed by atoms with Crippen molar-refractivity contribution < 1.29 is 28.6 Å². The lowest BCUT2D eigenvalue weighted by Gasteiger charge is -2.29. The Bertz CT molecular complexity index is 821. The zero-order valence-electron chi connectivity index (χ0n) is 19.8. The molecule has 3 rings (SSSR count). The molecular weight excluding hydrogens is 424 g/mol. The average molecular weight is 461 g/mol. The first-order valence-corrected chi connectivity index (χ1v) is 12.1. The van der Waals surface area contributed by atoms with E-state index in [1.807, 2.05) is 11.8 Å². The predicted molar refractivity (Wildman–Crippen MR) is 123 cm³/mol. The number of likely N-dealkylation sites (tertiary alicyclic amines) is 1. The number of hydrogen-bond donors (Lipinski definition) is 1. The highest BCUT2D eigenvalue weighted by Crippen LogP contribution is 2.29. The van der Waals surface area contributed by atoms with Crippen LogP contribution in [-0.2, 0) is 14.3 Å². The molecule has 0 spiro atoms. The van der Waals surface area contributed by atoms with Crippen LogP contribution in [-0.4, -0.2) is 61.6 Å². The summed E-state index contributed by atoms with van der Waals surface area (Å²) in [5.74, 6) is 0.226. The molecule has 1 aromatic rings. The Balaban J connectivity index is 1.53. The molecule has 2 atom stereocenters. The van der Waals surface area contributed by atoms with Gasteiger partial charge in [-0.1, -0.05) is 19.8 Å². The second kappa shape index (κ2) is 12.5. The highest BCUT2D eigenvalue weighted by molar-refractivity contribution is 5.92. The number of amides is 2. The highest BCUT2D eigenvalue weighted by atomic mass is 16.5. The molecule has 1 saturated carbocycles. The number of esters is 1. The maximum absolute atomic E-state index is 12.5. The summed E-state index contributed by atoms with van der Waals surface area (Å²) in [6.45, 7) is 5.45. The quantitative estimate of drug-likeness (QED) is 0.568. The maximum Gasteiger partial charge on any atom is 0.338 e. The summed E-state index contributed by atoms with van der Waals surface area (Å²) in [7, 11) is 0. The molecule has 2 fully saturated rings. The summed E-state index contributed by atoms with van der Waals surface area (Å²) in [6, 6.07) is 4.80. The Kier molecular flexibility index (Phi) is 9.39. The number of ether oxygens (including phenoxy) is 3. The van der Waals surface area contributed by atoms with Crippen LogP contribution in [0.3, 0.4) is 0 Å². The minimum Gasteiger partial charge on any atom is -0.490 e. The summed E-state index contributed by atoms with van der Waals surface area (Å²) in [6.07, 6.45) is 7.54. The second-order valence-corrected chi connectivity index (χ2v) is 8.84. The fraction of sp³-hybridized carbons (Fsp3) is 0.640. The van der Waals surface area contributed by atoms with Crippen LogP contribution >= 0.6 is 0 Å². The van der Waals surface area contributed by atoms with Crippen LogP contribution in [0.15, 0.2) is 18.2 Å². The van der Waals surface area contributed by atoms with Crippen molar-refractivity contribution in [3.05, 3.63) is 23.8 Å². The van der Waals surface area contributed by atoms with Gasteiger partial charge in [0.25, 0.3) is 11.8 Å². The molecule has 8 heteroatoms. The summed E-state index contributed by atoms with van der Waals surface area (Å²) < 4.78 is 16.5. The number of rotatable bonds is 9. The van der Waals surface area contributed by atoms with Gasteiger partial charge in [-0.05, 0) is 63.1 Å². The van der Waals surface area contributed by atoms with E-state index in [4.69, 9.17) is 14.2 Å². The number of benzene rings is 1. The molecule has 1 saturated heterocycles. The van der Waals surface area contributed by atoms with Crippen molar-refractivity contribution in [2.24, 2.45) is 5.92 Å². The molecule has 1 heterocycles. The van der Waals surface area contributed by atoms with E-state index in [1.54, 1.807) is 12.1 Å². The molecule has 1 N–H and O–H groups in total. The molecule has 0 radical (unpaired) electrons. The van der Waals surface area contributed by atoms with Crippen molar-refractivity contribution in [2.45, 2.75) is 64.8 Å². The number of hydrogen-bond acceptors (Lipinski definition) is 6. The fourth-order valence-corrected chi connectivity index (χ4v) is 4.39. The van der Waals surface area contributed by atoms with Gasteiger partial charge in [0, 0.05) is 19.1 Å². The highest BCUT2D eigenvalue weighted by Gasteiger charge is 2.23. The van der Waals surface area contributed by atoms with E-state index in [0.717, 1.165) is 51.6 Å². The van der Waals surface area contributed by atoms with Crippen LogP contribution in [0, 0.1) is 5.92 Å². The normalized spacial score (nSPS) is 20.6. The molecular formula is C25H36N2O6. The molecule has 1 aromatic carbocycles. The van der Waals surface area contributed by atoms with Crippen molar-refractivity contribution in [1.29, 1.82) is 0 Å². The van der Waals surface area contributed by atoms with Crippen molar-refractivity contribution in [2.75, 3.05) is 32.9 Å². The van der Waals surface area contributed by atoms with E-state index in [-0.39, 0.29) is 36.6 Å². The van der Waals surface area contributed by atoms with E-state index in [0.29, 0.717) is 24.0 Å². The molecule has 2 unspecified atom stereocenters. The number of carbonyl (C=O) groups is 3. The van der Waals surface area contributed by atoms with Crippen LogP contribution < -0.4 is 14.8 Å². The molecule has 2 amide bonds. The average Bonchev–Trinajstić information content (AvgIpc) is 2.83. The van der Waals surface area contributed by atoms with Gasteiger partial charge in [-0.2, -0.15) is 0 Å². The molecule has 0 aromatic heterocycles. The third-order valence-electron chi connectivity index (χ3n) is 6.33. The smallest absolute Gasteiger partial charge is 0.338 e. The van der Waals surface area contributed by atoms with Gasteiger partial charge in [-0.25, -0.2) is 4.79 Å². The van der Waals surface area contributed by atoms with Gasteiger partial charge in [0.05, 0.1) is 12.2 Å². The van der Waals surface area contributed by atoms with Crippen LogP contribution in [0.25, 0.3) is 0 Å². The first kappa shape index (κ1) is 24.9. The molecule has 1 aliphatic carbocycles. The number of piperidine rings is 1. The fourth-order valence-electron chi connectivity index (χ4n) is 4.39. The third-order valence-corrected chi connectivity index (χ3v) is 6.33. The van der Waals surface area contributed by atoms with Crippen LogP contribution in [0.2, 0.25) is 0 Å². The third kappa shape index (κ3) is 7.37. The minimum atomic E-state index is -0.612. The van der Waals surface area contributed by atoms with Crippen molar-refractivity contribution in [3.8, 4) is 11.5 Å². The van der Waals surface area contributed by atoms with Gasteiger partial charge >= 0.3 is 5.97 Å². The predicted octanol–water partition coefficient (Wildman–Crippen LogP) is 3.33. The second-order valence-electron chi connectivity index (χ2n) is 8.84. The summed E-state index contributed by atoms with van der Waals surface area (Å²) in [5.41, 5.74) is 0.256. The lowest BCUT2D eigenvalue weighted by molar-refractivity contribution is -0.134. The van der Waals surface area contributed by atoms with Gasteiger partial charge in [-0.3, -0.25) is 9.59 Å². The van der Waals surface area contributed by atoms with E-state index < -0.39 is 5.97 Å². The summed E-state index contributed by atoms with van der Waals surface area (Å²) in [4.78, 5) is 38.9. The van der Waals surface area contributed by atoms with E-state index in [9.17, 15) is 14.4 Å². The maximum atomic E-state index is 12.5. The first-order valence-electron chi connectivity index (χ1n) is 12.1. The van der Waals surface area contributed by atoms with Crippen LogP contribution in [0.5, 0.6) is 11.5 Å². The number of nitrogens with zero attached hydrogens (tertiary/aromatic N) is 1. The van der Waals surface area contributed by atoms with Crippen LogP contribution in [0.1, 0.15) is 69.2 Å². The van der Waals surface area contributed by atoms with Crippen molar-refractivity contribution >= 4 is 17.8 Å². The van der Waals surface area contributed by atoms with Gasteiger partial charge in [0.1, 0.15) is 0 Å². The van der Waals surface area contributed by atoms with Gasteiger partial charge in [-0.15, -0.1) is 0 Å². The van der Waals surface area contributed by atoms with Crippen molar-refractivity contribution in [1.82, 2.24) is 10.2 Å². The zero-order chi connectivity index (χ0) is 23.6. The molecule has 1 aliphatic heterocycles. The molecule has 0 bridgehead atoms. The topological polar surface area (TPSA) is 94.2 Å². The molecule has 2 aliphatic rings. The monoisotopic (exact) mass is 460 g/mol. The van der Waals surface area contributed by atoms with Gasteiger partial charge in [0.2, 0.25) is 0 Å². The Labute approximate surface area is 195 Å². The van der Waals surface area contributed by atoms with E-state index in [1.165, 1.54) is 12.5 Å². The van der Waals surface area contributed by atoms with Gasteiger partial charge < -0.3 is 24.4 Å². The van der Waals surface area contributed by atoms with E-state index in [2.05, 4.69) is 12.2 Å². The Morgan fingerprint density at radius 2 is 1.73 bits per heavy atom. The van der Waals surface area contributed by atoms with Gasteiger partial charge in [0.15, 0.2) is 24.7 Å². The SMILES string of the molecule is CCOc1cc(C(=O)OCC(=O)NC2CCCCC2C)ccc1OCC(=O)N1CCCCC1. The largest absolute Gasteiger partial charge is 0.490 e. The minimum absolute atomic E-state index is 0.0565. The molecule has 8 nitrogen and oxygen atoms in total.